The van der Waals surface area contributed by atoms with E-state index >= 15 is 0 Å². The van der Waals surface area contributed by atoms with Crippen molar-refractivity contribution in [2.75, 3.05) is 0 Å². The van der Waals surface area contributed by atoms with Crippen LogP contribution >= 0.6 is 0 Å². The van der Waals surface area contributed by atoms with Gasteiger partial charge in [-0.3, -0.25) is 9.79 Å². The van der Waals surface area contributed by atoms with Gasteiger partial charge in [0, 0.05) is 11.8 Å². The van der Waals surface area contributed by atoms with E-state index < -0.39 is 5.91 Å². The van der Waals surface area contributed by atoms with Crippen LogP contribution in [-0.4, -0.2) is 22.6 Å². The Balaban J connectivity index is 2.22. The molecule has 0 saturated carbocycles. The molecule has 6 heteroatoms. The van der Waals surface area contributed by atoms with Crippen molar-refractivity contribution in [1.82, 2.24) is 9.97 Å². The van der Waals surface area contributed by atoms with Crippen molar-refractivity contribution in [3.63, 3.8) is 0 Å². The number of carbonyl (C=O) groups excluding carboxylic acids is 1. The minimum absolute atomic E-state index is 0.269. The number of amides is 1. The van der Waals surface area contributed by atoms with Gasteiger partial charge in [-0.1, -0.05) is 36.4 Å². The van der Waals surface area contributed by atoms with Gasteiger partial charge < -0.3 is 10.5 Å². The van der Waals surface area contributed by atoms with Crippen molar-refractivity contribution in [2.24, 2.45) is 10.7 Å². The van der Waals surface area contributed by atoms with Crippen LogP contribution in [0.2, 0.25) is 0 Å². The largest absolute Gasteiger partial charge is 0.437 e. The zero-order valence-corrected chi connectivity index (χ0v) is 14.8. The molecule has 2 aromatic carbocycles. The fraction of sp³-hybridized carbons (Fsp3) is 0.0476. The van der Waals surface area contributed by atoms with E-state index in [9.17, 15) is 4.79 Å². The van der Waals surface area contributed by atoms with Gasteiger partial charge >= 0.3 is 0 Å². The Kier molecular flexibility index (Phi) is 5.08. The molecule has 6 nitrogen and oxygen atoms in total. The van der Waals surface area contributed by atoms with Gasteiger partial charge in [-0.15, -0.1) is 0 Å². The fourth-order valence-electron chi connectivity index (χ4n) is 2.58. The number of benzene rings is 2. The second kappa shape index (κ2) is 7.61. The number of para-hydroxylation sites is 1. The second-order valence-corrected chi connectivity index (χ2v) is 5.81. The predicted octanol–water partition coefficient (Wildman–Crippen LogP) is 4.06. The van der Waals surface area contributed by atoms with E-state index in [-0.39, 0.29) is 5.56 Å². The number of allylic oxidation sites excluding steroid dienone is 2. The third-order valence-electron chi connectivity index (χ3n) is 3.88. The summed E-state index contributed by atoms with van der Waals surface area (Å²) >= 11 is 0. The third kappa shape index (κ3) is 3.74. The Labute approximate surface area is 156 Å². The molecule has 3 rings (SSSR count). The molecule has 134 valence electrons. The van der Waals surface area contributed by atoms with Gasteiger partial charge in [0.2, 0.25) is 5.88 Å². The third-order valence-corrected chi connectivity index (χ3v) is 3.88. The monoisotopic (exact) mass is 358 g/mol. The number of fused-ring (bicyclic) bond motifs is 1. The zero-order valence-electron chi connectivity index (χ0n) is 14.8. The highest BCUT2D eigenvalue weighted by molar-refractivity contribution is 5.96. The summed E-state index contributed by atoms with van der Waals surface area (Å²) < 4.78 is 5.99. The molecule has 0 aliphatic rings. The maximum Gasteiger partial charge on any atom is 0.252 e. The minimum atomic E-state index is -0.581. The van der Waals surface area contributed by atoms with Crippen molar-refractivity contribution in [1.29, 1.82) is 0 Å². The van der Waals surface area contributed by atoms with E-state index in [0.29, 0.717) is 33.9 Å². The molecule has 0 spiro atoms. The van der Waals surface area contributed by atoms with Gasteiger partial charge in [0.25, 0.3) is 5.91 Å². The lowest BCUT2D eigenvalue weighted by atomic mass is 10.1. The molecule has 27 heavy (non-hydrogen) atoms. The molecular weight excluding hydrogens is 340 g/mol. The van der Waals surface area contributed by atoms with Crippen LogP contribution in [0.4, 0.5) is 0 Å². The van der Waals surface area contributed by atoms with Crippen molar-refractivity contribution in [2.45, 2.75) is 6.92 Å². The summed E-state index contributed by atoms with van der Waals surface area (Å²) in [6, 6.07) is 12.5. The molecule has 3 aromatic rings. The summed E-state index contributed by atoms with van der Waals surface area (Å²) in [5, 5.41) is 0.716. The van der Waals surface area contributed by atoms with E-state index in [1.54, 1.807) is 30.3 Å². The fourth-order valence-corrected chi connectivity index (χ4v) is 2.58. The first kappa shape index (κ1) is 18.0. The van der Waals surface area contributed by atoms with E-state index in [1.165, 1.54) is 6.20 Å². The Bertz CT molecular complexity index is 1090. The van der Waals surface area contributed by atoms with Crippen LogP contribution in [0.3, 0.4) is 0 Å². The average Bonchev–Trinajstić information content (AvgIpc) is 2.66. The molecule has 0 radical (unpaired) electrons. The Morgan fingerprint density at radius 2 is 2.00 bits per heavy atom. The topological polar surface area (TPSA) is 90.5 Å². The molecule has 0 aliphatic carbocycles. The minimum Gasteiger partial charge on any atom is -0.437 e. The highest BCUT2D eigenvalue weighted by atomic mass is 16.5. The van der Waals surface area contributed by atoms with Gasteiger partial charge in [0.05, 0.1) is 16.5 Å². The number of hydrogen-bond acceptors (Lipinski definition) is 5. The number of ether oxygens (including phenoxy) is 1. The van der Waals surface area contributed by atoms with Crippen LogP contribution in [0, 0.1) is 6.92 Å². The molecule has 0 atom stereocenters. The summed E-state index contributed by atoms with van der Waals surface area (Å²) in [5.41, 5.74) is 8.03. The SMILES string of the molecule is C=C/C(=C\N=C)c1nc(Oc2ccccc2C(N)=O)c2cc(C)ccc2n1. The van der Waals surface area contributed by atoms with E-state index in [1.807, 2.05) is 25.1 Å². The lowest BCUT2D eigenvalue weighted by Gasteiger charge is -2.12. The normalized spacial score (nSPS) is 11.2. The number of aliphatic imine (C=N–C) groups is 1. The number of primary amides is 1. The quantitative estimate of drug-likeness (QED) is 0.531. The molecule has 0 unspecified atom stereocenters. The van der Waals surface area contributed by atoms with Crippen molar-refractivity contribution < 1.29 is 9.53 Å². The molecule has 1 heterocycles. The van der Waals surface area contributed by atoms with Crippen LogP contribution in [-0.2, 0) is 0 Å². The first-order valence-corrected chi connectivity index (χ1v) is 8.17. The molecule has 0 aliphatic heterocycles. The lowest BCUT2D eigenvalue weighted by Crippen LogP contribution is -2.12. The van der Waals surface area contributed by atoms with E-state index in [4.69, 9.17) is 10.5 Å². The molecular formula is C21H18N4O2. The smallest absolute Gasteiger partial charge is 0.252 e. The second-order valence-electron chi connectivity index (χ2n) is 5.81. The highest BCUT2D eigenvalue weighted by Crippen LogP contribution is 2.31. The first-order valence-electron chi connectivity index (χ1n) is 8.17. The Morgan fingerprint density at radius 3 is 2.70 bits per heavy atom. The lowest BCUT2D eigenvalue weighted by molar-refractivity contribution is 0.0998. The number of nitrogens with two attached hydrogens (primary N) is 1. The predicted molar refractivity (Wildman–Crippen MR) is 107 cm³/mol. The van der Waals surface area contributed by atoms with Crippen molar-refractivity contribution in [3.8, 4) is 11.6 Å². The number of aromatic nitrogens is 2. The van der Waals surface area contributed by atoms with Crippen LogP contribution in [0.25, 0.3) is 16.5 Å². The van der Waals surface area contributed by atoms with Crippen molar-refractivity contribution >= 4 is 29.1 Å². The molecule has 0 fully saturated rings. The highest BCUT2D eigenvalue weighted by Gasteiger charge is 2.15. The van der Waals surface area contributed by atoms with Crippen LogP contribution in [0.15, 0.2) is 66.3 Å². The zero-order chi connectivity index (χ0) is 19.4. The summed E-state index contributed by atoms with van der Waals surface area (Å²) in [6.07, 6.45) is 3.11. The van der Waals surface area contributed by atoms with Crippen LogP contribution < -0.4 is 10.5 Å². The number of hydrogen-bond donors (Lipinski definition) is 1. The number of carbonyl (C=O) groups is 1. The maximum absolute atomic E-state index is 11.7. The van der Waals surface area contributed by atoms with E-state index in [2.05, 4.69) is 28.3 Å². The summed E-state index contributed by atoms with van der Waals surface area (Å²) in [4.78, 5) is 24.5. The first-order chi connectivity index (χ1) is 13.0. The Hall–Kier alpha value is -3.80. The van der Waals surface area contributed by atoms with Gasteiger partial charge in [0.1, 0.15) is 5.75 Å². The number of rotatable bonds is 6. The van der Waals surface area contributed by atoms with Crippen LogP contribution in [0.1, 0.15) is 21.7 Å². The van der Waals surface area contributed by atoms with Gasteiger partial charge in [-0.25, -0.2) is 4.98 Å². The van der Waals surface area contributed by atoms with Gasteiger partial charge in [0.15, 0.2) is 5.82 Å². The molecule has 2 N–H and O–H groups in total. The number of nitrogens with zero attached hydrogens (tertiary/aromatic N) is 3. The van der Waals surface area contributed by atoms with Crippen LogP contribution in [0.5, 0.6) is 11.6 Å². The number of aryl methyl sites for hydroxylation is 1. The van der Waals surface area contributed by atoms with Crippen molar-refractivity contribution in [3.05, 3.63) is 78.3 Å². The van der Waals surface area contributed by atoms with Gasteiger partial charge in [-0.05, 0) is 37.9 Å². The molecule has 1 aromatic heterocycles. The van der Waals surface area contributed by atoms with E-state index in [0.717, 1.165) is 5.56 Å². The maximum atomic E-state index is 11.7. The standard InChI is InChI=1S/C21H18N4O2/c1-4-14(12-23-3)20-24-17-10-9-13(2)11-16(17)21(25-20)27-18-8-6-5-7-15(18)19(22)26/h4-12H,1,3H2,2H3,(H2,22,26)/b14-12+. The average molecular weight is 358 g/mol. The molecule has 0 bridgehead atoms. The molecule has 1 amide bonds. The molecule has 0 saturated heterocycles. The summed E-state index contributed by atoms with van der Waals surface area (Å²) in [7, 11) is 0. The summed E-state index contributed by atoms with van der Waals surface area (Å²) in [6.45, 7) is 9.18. The summed E-state index contributed by atoms with van der Waals surface area (Å²) in [5.74, 6) is 0.441. The van der Waals surface area contributed by atoms with Gasteiger partial charge in [-0.2, -0.15) is 4.98 Å². The Morgan fingerprint density at radius 1 is 1.22 bits per heavy atom.